The van der Waals surface area contributed by atoms with Gasteiger partial charge in [0, 0.05) is 12.8 Å². The number of amides is 1. The van der Waals surface area contributed by atoms with Crippen molar-refractivity contribution in [2.45, 2.75) is 398 Å². The van der Waals surface area contributed by atoms with Crippen molar-refractivity contribution in [3.63, 3.8) is 0 Å². The van der Waals surface area contributed by atoms with Crippen molar-refractivity contribution in [3.05, 3.63) is 12.2 Å². The predicted octanol–water partition coefficient (Wildman–Crippen LogP) is 21.6. The summed E-state index contributed by atoms with van der Waals surface area (Å²) in [6, 6.07) is -0.626. The molecule has 0 fully saturated rings. The number of carbonyl (C=O) groups excluding carboxylic acids is 2. The number of nitrogens with one attached hydrogen (secondary N) is 1. The molecule has 2 unspecified atom stereocenters. The quantitative estimate of drug-likeness (QED) is 0.0320. The van der Waals surface area contributed by atoms with Crippen LogP contribution in [-0.2, 0) is 14.3 Å². The number of hydrogen-bond acceptors (Lipinski definition) is 5. The zero-order valence-corrected chi connectivity index (χ0v) is 50.4. The molecule has 0 radical (unpaired) electrons. The summed E-state index contributed by atoms with van der Waals surface area (Å²) in [5.41, 5.74) is 0. The van der Waals surface area contributed by atoms with Gasteiger partial charge in [0.05, 0.1) is 25.4 Å². The first-order valence-corrected chi connectivity index (χ1v) is 34.0. The van der Waals surface area contributed by atoms with E-state index in [2.05, 4.69) is 19.2 Å². The van der Waals surface area contributed by atoms with Gasteiger partial charge in [0.15, 0.2) is 0 Å². The van der Waals surface area contributed by atoms with Gasteiger partial charge < -0.3 is 20.3 Å². The van der Waals surface area contributed by atoms with Crippen molar-refractivity contribution in [1.82, 2.24) is 5.32 Å². The van der Waals surface area contributed by atoms with Crippen LogP contribution in [-0.4, -0.2) is 47.4 Å². The summed E-state index contributed by atoms with van der Waals surface area (Å²) in [6.07, 6.45) is 78.5. The van der Waals surface area contributed by atoms with E-state index in [1.165, 1.54) is 321 Å². The highest BCUT2D eigenvalue weighted by Crippen LogP contribution is 2.19. The normalized spacial score (nSPS) is 12.5. The average Bonchev–Trinajstić information content (AvgIpc) is 3.40. The zero-order chi connectivity index (χ0) is 53.6. The van der Waals surface area contributed by atoms with Crippen LogP contribution in [0.2, 0.25) is 0 Å². The molecule has 0 aromatic carbocycles. The van der Waals surface area contributed by atoms with Gasteiger partial charge in [-0.1, -0.05) is 353 Å². The minimum absolute atomic E-state index is 0.0174. The molecule has 2 atom stereocenters. The Hall–Kier alpha value is -1.40. The first-order chi connectivity index (χ1) is 36.5. The molecule has 0 spiro atoms. The molecule has 0 aliphatic rings. The van der Waals surface area contributed by atoms with E-state index >= 15 is 0 Å². The Morgan fingerprint density at radius 1 is 0.365 bits per heavy atom. The Morgan fingerprint density at radius 2 is 0.622 bits per heavy atom. The number of unbranched alkanes of at least 4 members (excludes halogenated alkanes) is 53. The lowest BCUT2D eigenvalue weighted by molar-refractivity contribution is -0.143. The van der Waals surface area contributed by atoms with Crippen LogP contribution in [0.4, 0.5) is 0 Å². The molecule has 6 nitrogen and oxygen atoms in total. The molecule has 0 aliphatic heterocycles. The summed E-state index contributed by atoms with van der Waals surface area (Å²) >= 11 is 0. The molecule has 0 aliphatic carbocycles. The summed E-state index contributed by atoms with van der Waals surface area (Å²) in [4.78, 5) is 24.5. The largest absolute Gasteiger partial charge is 0.466 e. The summed E-state index contributed by atoms with van der Waals surface area (Å²) < 4.78 is 5.47. The molecular formula is C68H133NO5. The molecule has 74 heavy (non-hydrogen) atoms. The highest BCUT2D eigenvalue weighted by atomic mass is 16.5. The number of esters is 1. The Labute approximate surface area is 463 Å². The summed E-state index contributed by atoms with van der Waals surface area (Å²) in [6.45, 7) is 4.94. The molecule has 0 heterocycles. The molecule has 6 heteroatoms. The van der Waals surface area contributed by atoms with Crippen molar-refractivity contribution in [3.8, 4) is 0 Å². The third kappa shape index (κ3) is 59.8. The van der Waals surface area contributed by atoms with Crippen LogP contribution in [0.5, 0.6) is 0 Å². The molecule has 0 bridgehead atoms. The number of aliphatic hydroxyl groups is 2. The van der Waals surface area contributed by atoms with E-state index in [0.29, 0.717) is 19.4 Å². The Bertz CT molecular complexity index is 1110. The Morgan fingerprint density at radius 3 is 0.919 bits per heavy atom. The molecule has 440 valence electrons. The third-order valence-corrected chi connectivity index (χ3v) is 16.1. The van der Waals surface area contributed by atoms with Crippen LogP contribution < -0.4 is 5.32 Å². The average molecular weight is 1040 g/mol. The lowest BCUT2D eigenvalue weighted by Gasteiger charge is -2.20. The second-order valence-corrected chi connectivity index (χ2v) is 23.5. The SMILES string of the molecule is CCCCCCCCCCCCCCCCCCCC/C=C/C(O)C(CO)NC(=O)CCCCCCCCCCCCCCCCCCCCCCCCCCCCOC(=O)CCCCCCCCCCCCC. The smallest absolute Gasteiger partial charge is 0.305 e. The number of aliphatic hydroxyl groups excluding tert-OH is 2. The third-order valence-electron chi connectivity index (χ3n) is 16.1. The lowest BCUT2D eigenvalue weighted by atomic mass is 10.0. The highest BCUT2D eigenvalue weighted by Gasteiger charge is 2.18. The highest BCUT2D eigenvalue weighted by molar-refractivity contribution is 5.76. The Kier molecular flexibility index (Phi) is 62.9. The zero-order valence-electron chi connectivity index (χ0n) is 50.4. The van der Waals surface area contributed by atoms with E-state index in [0.717, 1.165) is 38.5 Å². The fourth-order valence-electron chi connectivity index (χ4n) is 10.9. The molecule has 0 saturated heterocycles. The second-order valence-electron chi connectivity index (χ2n) is 23.5. The number of carbonyl (C=O) groups is 2. The van der Waals surface area contributed by atoms with E-state index in [1.807, 2.05) is 6.08 Å². The van der Waals surface area contributed by atoms with E-state index in [1.54, 1.807) is 6.08 Å². The van der Waals surface area contributed by atoms with E-state index < -0.39 is 12.1 Å². The molecule has 0 aromatic rings. The first kappa shape index (κ1) is 72.6. The van der Waals surface area contributed by atoms with Gasteiger partial charge in [-0.2, -0.15) is 0 Å². The van der Waals surface area contributed by atoms with Gasteiger partial charge in [0.1, 0.15) is 0 Å². The topological polar surface area (TPSA) is 95.9 Å². The molecule has 0 saturated carbocycles. The van der Waals surface area contributed by atoms with Gasteiger partial charge in [-0.3, -0.25) is 9.59 Å². The number of allylic oxidation sites excluding steroid dienone is 1. The van der Waals surface area contributed by atoms with Gasteiger partial charge in [-0.25, -0.2) is 0 Å². The first-order valence-electron chi connectivity index (χ1n) is 34.0. The van der Waals surface area contributed by atoms with Crippen LogP contribution >= 0.6 is 0 Å². The summed E-state index contributed by atoms with van der Waals surface area (Å²) in [5.74, 6) is -0.0442. The van der Waals surface area contributed by atoms with Crippen LogP contribution in [0.15, 0.2) is 12.2 Å². The second kappa shape index (κ2) is 64.1. The predicted molar refractivity (Wildman–Crippen MR) is 324 cm³/mol. The fourth-order valence-corrected chi connectivity index (χ4v) is 10.9. The number of hydrogen-bond donors (Lipinski definition) is 3. The van der Waals surface area contributed by atoms with E-state index in [-0.39, 0.29) is 18.5 Å². The maximum absolute atomic E-state index is 12.5. The number of rotatable bonds is 64. The summed E-state index contributed by atoms with van der Waals surface area (Å²) in [7, 11) is 0. The van der Waals surface area contributed by atoms with Gasteiger partial charge >= 0.3 is 5.97 Å². The van der Waals surface area contributed by atoms with Crippen LogP contribution in [0, 0.1) is 0 Å². The molecule has 0 rings (SSSR count). The van der Waals surface area contributed by atoms with Crippen molar-refractivity contribution in [1.29, 1.82) is 0 Å². The van der Waals surface area contributed by atoms with E-state index in [9.17, 15) is 19.8 Å². The minimum atomic E-state index is -0.843. The molecule has 3 N–H and O–H groups in total. The monoisotopic (exact) mass is 1040 g/mol. The van der Waals surface area contributed by atoms with Crippen molar-refractivity contribution < 1.29 is 24.5 Å². The van der Waals surface area contributed by atoms with Gasteiger partial charge in [-0.05, 0) is 32.1 Å². The van der Waals surface area contributed by atoms with Crippen molar-refractivity contribution in [2.75, 3.05) is 13.2 Å². The van der Waals surface area contributed by atoms with Crippen LogP contribution in [0.25, 0.3) is 0 Å². The van der Waals surface area contributed by atoms with Crippen molar-refractivity contribution in [2.24, 2.45) is 0 Å². The standard InChI is InChI=1S/C68H133NO5/c1-3-5-7-9-11-13-15-16-17-18-19-28-31-34-37-41-44-48-52-56-60-66(71)65(64-70)69-67(72)61-57-53-49-45-42-38-35-32-29-26-24-22-20-21-23-25-27-30-33-36-39-43-47-51-55-59-63-74-68(73)62-58-54-50-46-40-14-12-10-8-6-4-2/h56,60,65-66,70-71H,3-55,57-59,61-64H2,1-2H3,(H,69,72)/b60-56+. The maximum atomic E-state index is 12.5. The van der Waals surface area contributed by atoms with Gasteiger partial charge in [-0.15, -0.1) is 0 Å². The maximum Gasteiger partial charge on any atom is 0.305 e. The lowest BCUT2D eigenvalue weighted by Crippen LogP contribution is -2.45. The fraction of sp³-hybridized carbons (Fsp3) is 0.941. The Balaban J connectivity index is 3.38. The molecule has 0 aromatic heterocycles. The van der Waals surface area contributed by atoms with Gasteiger partial charge in [0.25, 0.3) is 0 Å². The van der Waals surface area contributed by atoms with E-state index in [4.69, 9.17) is 4.74 Å². The minimum Gasteiger partial charge on any atom is -0.466 e. The van der Waals surface area contributed by atoms with Crippen LogP contribution in [0.3, 0.4) is 0 Å². The summed E-state index contributed by atoms with van der Waals surface area (Å²) in [5, 5.41) is 23.2. The number of ether oxygens (including phenoxy) is 1. The van der Waals surface area contributed by atoms with Gasteiger partial charge in [0.2, 0.25) is 5.91 Å². The van der Waals surface area contributed by atoms with Crippen LogP contribution in [0.1, 0.15) is 386 Å². The van der Waals surface area contributed by atoms with Crippen molar-refractivity contribution >= 4 is 11.9 Å². The molecular weight excluding hydrogens is 911 g/mol. The molecule has 1 amide bonds.